The molecule has 1 aromatic carbocycles. The maximum absolute atomic E-state index is 13.3. The molecule has 0 aromatic heterocycles. The fraction of sp³-hybridized carbons (Fsp3) is 0.667. The Morgan fingerprint density at radius 1 is 1.19 bits per heavy atom. The number of anilines is 1. The van der Waals surface area contributed by atoms with Gasteiger partial charge in [-0.15, -0.1) is 0 Å². The molecule has 0 atom stereocenters. The Kier molecular flexibility index (Phi) is 7.00. The fourth-order valence-corrected chi connectivity index (χ4v) is 5.04. The first-order valence-corrected chi connectivity index (χ1v) is 10.8. The van der Waals surface area contributed by atoms with Crippen molar-refractivity contribution in [3.63, 3.8) is 0 Å². The van der Waals surface area contributed by atoms with Crippen molar-refractivity contribution in [2.45, 2.75) is 51.3 Å². The molecular weight excluding hydrogens is 354 g/mol. The molecule has 26 heavy (non-hydrogen) atoms. The number of sulfonamides is 1. The molecule has 1 aliphatic rings. The maximum atomic E-state index is 13.3. The minimum atomic E-state index is -3.77. The molecule has 0 saturated carbocycles. The molecule has 1 saturated heterocycles. The monoisotopic (exact) mass is 383 g/mol. The smallest absolute Gasteiger partial charge is 0.270 e. The Hall–Kier alpha value is -1.67. The number of benzene rings is 1. The molecule has 2 rings (SSSR count). The molecule has 0 spiro atoms. The van der Waals surface area contributed by atoms with Gasteiger partial charge in [0, 0.05) is 38.3 Å². The number of non-ortho nitro benzene ring substituents is 1. The van der Waals surface area contributed by atoms with Crippen LogP contribution in [-0.4, -0.2) is 43.8 Å². The van der Waals surface area contributed by atoms with E-state index >= 15 is 0 Å². The highest BCUT2D eigenvalue weighted by Crippen LogP contribution is 2.33. The molecule has 0 unspecified atom stereocenters. The van der Waals surface area contributed by atoms with Crippen LogP contribution in [0.2, 0.25) is 0 Å². The zero-order chi connectivity index (χ0) is 19.3. The molecule has 7 nitrogen and oxygen atoms in total. The Balaban J connectivity index is 2.51. The van der Waals surface area contributed by atoms with Crippen molar-refractivity contribution in [3.05, 3.63) is 28.3 Å². The summed E-state index contributed by atoms with van der Waals surface area (Å²) in [5, 5.41) is 11.2. The number of hydrogen-bond acceptors (Lipinski definition) is 5. The lowest BCUT2D eigenvalue weighted by Gasteiger charge is -2.32. The Labute approximate surface area is 156 Å². The average Bonchev–Trinajstić information content (AvgIpc) is 2.61. The second kappa shape index (κ2) is 8.81. The lowest BCUT2D eigenvalue weighted by Crippen LogP contribution is -2.39. The van der Waals surface area contributed by atoms with E-state index in [2.05, 4.69) is 6.92 Å². The first-order valence-electron chi connectivity index (χ1n) is 9.34. The second-order valence-electron chi connectivity index (χ2n) is 6.98. The summed E-state index contributed by atoms with van der Waals surface area (Å²) in [6.45, 7) is 8.55. The standard InChI is InChI=1S/C18H29N3O4S/c1-4-10-19(11-5-2)17-7-6-16(21(22)23)14-18(17)26(24,25)20-12-8-15(3)9-13-20/h6-7,14-15H,4-5,8-13H2,1-3H3. The zero-order valence-electron chi connectivity index (χ0n) is 15.8. The van der Waals surface area contributed by atoms with E-state index in [1.165, 1.54) is 16.4 Å². The van der Waals surface area contributed by atoms with Crippen molar-refractivity contribution in [3.8, 4) is 0 Å². The van der Waals surface area contributed by atoms with Crippen molar-refractivity contribution in [1.82, 2.24) is 4.31 Å². The van der Waals surface area contributed by atoms with Crippen LogP contribution in [0.5, 0.6) is 0 Å². The number of hydrogen-bond donors (Lipinski definition) is 0. The second-order valence-corrected chi connectivity index (χ2v) is 8.89. The molecule has 0 bridgehead atoms. The summed E-state index contributed by atoms with van der Waals surface area (Å²) in [5.74, 6) is 0.503. The van der Waals surface area contributed by atoms with Gasteiger partial charge in [0.15, 0.2) is 0 Å². The lowest BCUT2D eigenvalue weighted by atomic mass is 10.0. The molecule has 1 heterocycles. The van der Waals surface area contributed by atoms with E-state index in [4.69, 9.17) is 0 Å². The van der Waals surface area contributed by atoms with E-state index in [-0.39, 0.29) is 10.6 Å². The van der Waals surface area contributed by atoms with E-state index in [1.807, 2.05) is 18.7 Å². The molecule has 1 aliphatic heterocycles. The van der Waals surface area contributed by atoms with Crippen LogP contribution in [0, 0.1) is 16.0 Å². The van der Waals surface area contributed by atoms with E-state index in [0.717, 1.165) is 25.7 Å². The topological polar surface area (TPSA) is 83.8 Å². The van der Waals surface area contributed by atoms with Gasteiger partial charge in [-0.1, -0.05) is 20.8 Å². The minimum Gasteiger partial charge on any atom is -0.370 e. The Morgan fingerprint density at radius 3 is 2.27 bits per heavy atom. The van der Waals surface area contributed by atoms with Crippen LogP contribution in [0.4, 0.5) is 11.4 Å². The summed E-state index contributed by atoms with van der Waals surface area (Å²) in [6.07, 6.45) is 3.38. The van der Waals surface area contributed by atoms with Crippen molar-refractivity contribution >= 4 is 21.4 Å². The number of nitro benzene ring substituents is 1. The average molecular weight is 384 g/mol. The van der Waals surface area contributed by atoms with Gasteiger partial charge in [-0.3, -0.25) is 10.1 Å². The van der Waals surface area contributed by atoms with Crippen LogP contribution in [0.1, 0.15) is 46.5 Å². The van der Waals surface area contributed by atoms with E-state index in [0.29, 0.717) is 37.8 Å². The quantitative estimate of drug-likeness (QED) is 0.505. The van der Waals surface area contributed by atoms with Gasteiger partial charge in [-0.25, -0.2) is 8.42 Å². The lowest BCUT2D eigenvalue weighted by molar-refractivity contribution is -0.385. The van der Waals surface area contributed by atoms with Crippen LogP contribution in [0.15, 0.2) is 23.1 Å². The van der Waals surface area contributed by atoms with Crippen LogP contribution in [0.3, 0.4) is 0 Å². The fourth-order valence-electron chi connectivity index (χ4n) is 3.34. The van der Waals surface area contributed by atoms with Crippen molar-refractivity contribution < 1.29 is 13.3 Å². The highest BCUT2D eigenvalue weighted by Gasteiger charge is 2.32. The molecule has 0 amide bonds. The highest BCUT2D eigenvalue weighted by molar-refractivity contribution is 7.89. The predicted molar refractivity (Wildman–Crippen MR) is 103 cm³/mol. The normalized spacial score (nSPS) is 16.6. The van der Waals surface area contributed by atoms with Crippen molar-refractivity contribution in [2.24, 2.45) is 5.92 Å². The molecule has 8 heteroatoms. The van der Waals surface area contributed by atoms with Crippen LogP contribution < -0.4 is 4.90 Å². The van der Waals surface area contributed by atoms with Gasteiger partial charge in [-0.05, 0) is 37.7 Å². The number of nitro groups is 1. The van der Waals surface area contributed by atoms with Crippen LogP contribution in [-0.2, 0) is 10.0 Å². The summed E-state index contributed by atoms with van der Waals surface area (Å²) >= 11 is 0. The van der Waals surface area contributed by atoms with Gasteiger partial charge in [0.2, 0.25) is 10.0 Å². The first-order chi connectivity index (χ1) is 12.3. The van der Waals surface area contributed by atoms with Gasteiger partial charge < -0.3 is 4.90 Å². The summed E-state index contributed by atoms with van der Waals surface area (Å²) in [4.78, 5) is 12.8. The molecular formula is C18H29N3O4S. The molecule has 0 N–H and O–H groups in total. The predicted octanol–water partition coefficient (Wildman–Crippen LogP) is 3.64. The maximum Gasteiger partial charge on any atom is 0.270 e. The van der Waals surface area contributed by atoms with Crippen molar-refractivity contribution in [2.75, 3.05) is 31.1 Å². The molecule has 0 aliphatic carbocycles. The summed E-state index contributed by atoms with van der Waals surface area (Å²) in [6, 6.07) is 4.20. The van der Waals surface area contributed by atoms with Gasteiger partial charge >= 0.3 is 0 Å². The van der Waals surface area contributed by atoms with E-state index < -0.39 is 14.9 Å². The van der Waals surface area contributed by atoms with E-state index in [1.54, 1.807) is 6.07 Å². The van der Waals surface area contributed by atoms with Gasteiger partial charge in [-0.2, -0.15) is 4.31 Å². The highest BCUT2D eigenvalue weighted by atomic mass is 32.2. The molecule has 146 valence electrons. The Bertz CT molecular complexity index is 722. The van der Waals surface area contributed by atoms with Gasteiger partial charge in [0.1, 0.15) is 4.90 Å². The third-order valence-corrected chi connectivity index (χ3v) is 6.77. The first kappa shape index (κ1) is 20.6. The Morgan fingerprint density at radius 2 is 1.77 bits per heavy atom. The molecule has 1 fully saturated rings. The summed E-state index contributed by atoms with van der Waals surface area (Å²) < 4.78 is 28.0. The van der Waals surface area contributed by atoms with Gasteiger partial charge in [0.25, 0.3) is 5.69 Å². The minimum absolute atomic E-state index is 0.0585. The SMILES string of the molecule is CCCN(CCC)c1ccc([N+](=O)[O-])cc1S(=O)(=O)N1CCC(C)CC1. The van der Waals surface area contributed by atoms with Crippen LogP contribution in [0.25, 0.3) is 0 Å². The third-order valence-electron chi connectivity index (χ3n) is 4.84. The van der Waals surface area contributed by atoms with Crippen molar-refractivity contribution in [1.29, 1.82) is 0 Å². The number of piperidine rings is 1. The summed E-state index contributed by atoms with van der Waals surface area (Å²) in [7, 11) is -3.77. The van der Waals surface area contributed by atoms with E-state index in [9.17, 15) is 18.5 Å². The molecule has 0 radical (unpaired) electrons. The number of nitrogens with zero attached hydrogens (tertiary/aromatic N) is 3. The largest absolute Gasteiger partial charge is 0.370 e. The zero-order valence-corrected chi connectivity index (χ0v) is 16.7. The van der Waals surface area contributed by atoms with Crippen LogP contribution >= 0.6 is 0 Å². The summed E-state index contributed by atoms with van der Waals surface area (Å²) in [5.41, 5.74) is 0.378. The third kappa shape index (κ3) is 4.54. The van der Waals surface area contributed by atoms with Gasteiger partial charge in [0.05, 0.1) is 10.6 Å². The molecule has 1 aromatic rings. The number of rotatable bonds is 8.